The van der Waals surface area contributed by atoms with Crippen molar-refractivity contribution in [1.29, 1.82) is 0 Å². The number of methoxy groups -OCH3 is 3. The molecule has 6 rings (SSSR count). The van der Waals surface area contributed by atoms with Gasteiger partial charge in [-0.15, -0.1) is 10.2 Å². The predicted octanol–water partition coefficient (Wildman–Crippen LogP) is 4.67. The quantitative estimate of drug-likeness (QED) is 0.158. The molecule has 0 atom stereocenters. The largest absolute Gasteiger partial charge is 0.497 e. The zero-order valence-corrected chi connectivity index (χ0v) is 30.1. The summed E-state index contributed by atoms with van der Waals surface area (Å²) in [6, 6.07) is 28.3. The van der Waals surface area contributed by atoms with Gasteiger partial charge in [-0.25, -0.2) is 13.4 Å². The molecular weight excluding hydrogens is 695 g/mol. The van der Waals surface area contributed by atoms with Crippen molar-refractivity contribution in [2.45, 2.75) is 31.1 Å². The third kappa shape index (κ3) is 8.62. The van der Waals surface area contributed by atoms with Crippen LogP contribution in [0.15, 0.2) is 108 Å². The minimum atomic E-state index is -4.28. The standard InChI is InChI=1S/C39H37N7O6S/c1-50-33-15-8-27(9-16-33)23-45(24-28-10-17-34(51-2)18-11-28)53(48,49)36-6-4-5-31(14-7-30-21-32(26-47)38(40)41-22-30)37(36)39-42-44-46(43-39)25-29-12-19-35(52-3)20-13-29/h4-6,8-13,15-22,47H,23-26H2,1-3H3,(H2,40,41). The molecule has 0 spiro atoms. The summed E-state index contributed by atoms with van der Waals surface area (Å²) in [5.74, 6) is 8.40. The van der Waals surface area contributed by atoms with Crippen LogP contribution >= 0.6 is 0 Å². The van der Waals surface area contributed by atoms with E-state index in [-0.39, 0.29) is 48.3 Å². The number of aliphatic hydroxyl groups is 1. The number of pyridine rings is 1. The molecule has 0 aliphatic rings. The Labute approximate surface area is 307 Å². The lowest BCUT2D eigenvalue weighted by molar-refractivity contribution is 0.282. The average molecular weight is 732 g/mol. The number of tetrazole rings is 1. The van der Waals surface area contributed by atoms with E-state index >= 15 is 0 Å². The molecule has 0 aliphatic carbocycles. The van der Waals surface area contributed by atoms with Gasteiger partial charge in [-0.2, -0.15) is 9.10 Å². The molecule has 0 unspecified atom stereocenters. The van der Waals surface area contributed by atoms with Gasteiger partial charge in [0.05, 0.1) is 44.9 Å². The van der Waals surface area contributed by atoms with Gasteiger partial charge in [0.2, 0.25) is 15.8 Å². The number of nitrogens with zero attached hydrogens (tertiary/aromatic N) is 6. The molecule has 3 N–H and O–H groups in total. The molecule has 53 heavy (non-hydrogen) atoms. The fourth-order valence-electron chi connectivity index (χ4n) is 5.47. The molecule has 2 aromatic heterocycles. The van der Waals surface area contributed by atoms with Crippen LogP contribution in [0.4, 0.5) is 5.82 Å². The van der Waals surface area contributed by atoms with Gasteiger partial charge >= 0.3 is 0 Å². The number of benzene rings is 4. The van der Waals surface area contributed by atoms with Crippen LogP contribution in [0.3, 0.4) is 0 Å². The second kappa shape index (κ2) is 16.4. The summed E-state index contributed by atoms with van der Waals surface area (Å²) in [5, 5.41) is 22.9. The molecule has 4 aromatic carbocycles. The average Bonchev–Trinajstić information content (AvgIpc) is 3.65. The van der Waals surface area contributed by atoms with Crippen molar-refractivity contribution in [1.82, 2.24) is 29.5 Å². The second-order valence-electron chi connectivity index (χ2n) is 11.8. The van der Waals surface area contributed by atoms with E-state index in [4.69, 9.17) is 19.9 Å². The maximum absolute atomic E-state index is 15.0. The number of nitrogen functional groups attached to an aromatic ring is 1. The molecule has 0 saturated carbocycles. The van der Waals surface area contributed by atoms with E-state index in [2.05, 4.69) is 32.2 Å². The minimum Gasteiger partial charge on any atom is -0.497 e. The Hall–Kier alpha value is -6.27. The Morgan fingerprint density at radius 3 is 1.91 bits per heavy atom. The van der Waals surface area contributed by atoms with Gasteiger partial charge in [0.1, 0.15) is 23.1 Å². The number of sulfonamides is 1. The Morgan fingerprint density at radius 2 is 1.36 bits per heavy atom. The molecule has 0 saturated heterocycles. The molecule has 14 heteroatoms. The first-order valence-corrected chi connectivity index (χ1v) is 17.8. The van der Waals surface area contributed by atoms with Crippen LogP contribution in [-0.4, -0.2) is 64.4 Å². The van der Waals surface area contributed by atoms with Crippen molar-refractivity contribution in [3.05, 3.63) is 137 Å². The highest BCUT2D eigenvalue weighted by Crippen LogP contribution is 2.32. The van der Waals surface area contributed by atoms with Crippen LogP contribution in [0.1, 0.15) is 33.4 Å². The van der Waals surface area contributed by atoms with E-state index in [9.17, 15) is 13.5 Å². The van der Waals surface area contributed by atoms with Gasteiger partial charge in [-0.3, -0.25) is 0 Å². The summed E-state index contributed by atoms with van der Waals surface area (Å²) in [5.41, 5.74) is 9.68. The van der Waals surface area contributed by atoms with Crippen LogP contribution < -0.4 is 19.9 Å². The summed E-state index contributed by atoms with van der Waals surface area (Å²) >= 11 is 0. The molecule has 0 bridgehead atoms. The minimum absolute atomic E-state index is 0.0480. The third-order valence-corrected chi connectivity index (χ3v) is 10.2. The molecule has 270 valence electrons. The highest BCUT2D eigenvalue weighted by molar-refractivity contribution is 7.89. The van der Waals surface area contributed by atoms with Gasteiger partial charge in [-0.05, 0) is 76.5 Å². The van der Waals surface area contributed by atoms with Crippen molar-refractivity contribution >= 4 is 15.8 Å². The Morgan fingerprint density at radius 1 is 0.792 bits per heavy atom. The summed E-state index contributed by atoms with van der Waals surface area (Å²) in [4.78, 5) is 5.47. The monoisotopic (exact) mass is 731 g/mol. The fraction of sp³-hybridized carbons (Fsp3) is 0.179. The molecule has 0 fully saturated rings. The molecule has 0 radical (unpaired) electrons. The normalized spacial score (nSPS) is 11.2. The van der Waals surface area contributed by atoms with E-state index < -0.39 is 10.0 Å². The molecule has 2 heterocycles. The summed E-state index contributed by atoms with van der Waals surface area (Å²) < 4.78 is 47.2. The van der Waals surface area contributed by atoms with Crippen molar-refractivity contribution in [3.8, 4) is 40.5 Å². The fourth-order valence-corrected chi connectivity index (χ4v) is 7.10. The first-order chi connectivity index (χ1) is 25.7. The van der Waals surface area contributed by atoms with E-state index in [1.54, 1.807) is 63.8 Å². The topological polar surface area (TPSA) is 168 Å². The number of ether oxygens (including phenoxy) is 3. The number of aliphatic hydroxyl groups excluding tert-OH is 1. The lowest BCUT2D eigenvalue weighted by Gasteiger charge is -2.24. The van der Waals surface area contributed by atoms with Gasteiger partial charge < -0.3 is 25.1 Å². The lowest BCUT2D eigenvalue weighted by atomic mass is 10.1. The zero-order chi connectivity index (χ0) is 37.4. The van der Waals surface area contributed by atoms with Gasteiger partial charge in [0, 0.05) is 36.0 Å². The molecule has 13 nitrogen and oxygen atoms in total. The first-order valence-electron chi connectivity index (χ1n) is 16.4. The Kier molecular flexibility index (Phi) is 11.3. The summed E-state index contributed by atoms with van der Waals surface area (Å²) in [7, 11) is 0.463. The number of nitrogens with two attached hydrogens (primary N) is 1. The van der Waals surface area contributed by atoms with E-state index in [1.165, 1.54) is 21.4 Å². The predicted molar refractivity (Wildman–Crippen MR) is 198 cm³/mol. The number of hydrogen-bond donors (Lipinski definition) is 2. The van der Waals surface area contributed by atoms with Crippen LogP contribution in [0, 0.1) is 11.8 Å². The van der Waals surface area contributed by atoms with Crippen molar-refractivity contribution in [2.75, 3.05) is 27.1 Å². The van der Waals surface area contributed by atoms with Crippen LogP contribution in [0.5, 0.6) is 17.2 Å². The third-order valence-electron chi connectivity index (χ3n) is 8.35. The van der Waals surface area contributed by atoms with E-state index in [0.29, 0.717) is 33.9 Å². The van der Waals surface area contributed by atoms with Crippen molar-refractivity contribution in [2.24, 2.45) is 0 Å². The summed E-state index contributed by atoms with van der Waals surface area (Å²) in [6.45, 7) is 0.0560. The van der Waals surface area contributed by atoms with Crippen LogP contribution in [0.25, 0.3) is 11.4 Å². The summed E-state index contributed by atoms with van der Waals surface area (Å²) in [6.07, 6.45) is 1.48. The van der Waals surface area contributed by atoms with E-state index in [1.807, 2.05) is 48.5 Å². The highest BCUT2D eigenvalue weighted by Gasteiger charge is 2.31. The molecule has 0 aliphatic heterocycles. The van der Waals surface area contributed by atoms with Crippen LogP contribution in [-0.2, 0) is 36.3 Å². The van der Waals surface area contributed by atoms with Gasteiger partial charge in [0.15, 0.2) is 0 Å². The smallest absolute Gasteiger partial charge is 0.244 e. The Balaban J connectivity index is 1.46. The van der Waals surface area contributed by atoms with Crippen molar-refractivity contribution < 1.29 is 27.7 Å². The number of rotatable bonds is 13. The first kappa shape index (κ1) is 36.5. The molecular formula is C39H37N7O6S. The number of hydrogen-bond acceptors (Lipinski definition) is 11. The highest BCUT2D eigenvalue weighted by atomic mass is 32.2. The lowest BCUT2D eigenvalue weighted by Crippen LogP contribution is -2.31. The SMILES string of the molecule is COc1ccc(CN(Cc2ccc(OC)cc2)S(=O)(=O)c2cccc(C#Cc3cnc(N)c(CO)c3)c2-c2nnn(Cc3ccc(OC)cc3)n2)cc1. The van der Waals surface area contributed by atoms with E-state index in [0.717, 1.165) is 16.7 Å². The second-order valence-corrected chi connectivity index (χ2v) is 13.7. The van der Waals surface area contributed by atoms with Gasteiger partial charge in [-0.1, -0.05) is 54.3 Å². The molecule has 0 amide bonds. The number of anilines is 1. The molecule has 6 aromatic rings. The maximum atomic E-state index is 15.0. The zero-order valence-electron chi connectivity index (χ0n) is 29.3. The van der Waals surface area contributed by atoms with Crippen molar-refractivity contribution in [3.63, 3.8) is 0 Å². The number of aromatic nitrogens is 5. The van der Waals surface area contributed by atoms with Gasteiger partial charge in [0.25, 0.3) is 0 Å². The van der Waals surface area contributed by atoms with Crippen LogP contribution in [0.2, 0.25) is 0 Å². The Bertz CT molecular complexity index is 2300. The maximum Gasteiger partial charge on any atom is 0.244 e.